The Morgan fingerprint density at radius 1 is 1.50 bits per heavy atom. The summed E-state index contributed by atoms with van der Waals surface area (Å²) in [5, 5.41) is 0. The van der Waals surface area contributed by atoms with Crippen LogP contribution >= 0.6 is 17.0 Å². The lowest BCUT2D eigenvalue weighted by atomic mass is 10.2. The number of allylic oxidation sites excluding steroid dienone is 1. The summed E-state index contributed by atoms with van der Waals surface area (Å²) in [5.41, 5.74) is 0. The highest BCUT2D eigenvalue weighted by Gasteiger charge is 1.73. The molecule has 0 unspecified atom stereocenters. The van der Waals surface area contributed by atoms with Gasteiger partial charge in [-0.1, -0.05) is 19.9 Å². The van der Waals surface area contributed by atoms with Crippen LogP contribution in [0, 0.1) is 5.92 Å². The van der Waals surface area contributed by atoms with Crippen LogP contribution in [-0.4, -0.2) is 0 Å². The van der Waals surface area contributed by atoms with Crippen LogP contribution in [-0.2, 0) is 0 Å². The number of hydrogen-bond acceptors (Lipinski definition) is 0. The predicted molar refractivity (Wildman–Crippen MR) is 35.4 cm³/mol. The van der Waals surface area contributed by atoms with Gasteiger partial charge in [0, 0.05) is 0 Å². The summed E-state index contributed by atoms with van der Waals surface area (Å²) in [6, 6.07) is 0. The Bertz CT molecular complexity index is 30.9. The Balaban J connectivity index is 0. The highest BCUT2D eigenvalue weighted by atomic mass is 79.9. The Morgan fingerprint density at radius 3 is 1.67 bits per heavy atom. The summed E-state index contributed by atoms with van der Waals surface area (Å²) in [7, 11) is 0. The van der Waals surface area contributed by atoms with Gasteiger partial charge in [0.05, 0.1) is 0 Å². The third-order valence-corrected chi connectivity index (χ3v) is 0.471. The first-order valence-corrected chi connectivity index (χ1v) is 1.90. The zero-order chi connectivity index (χ0) is 4.28. The van der Waals surface area contributed by atoms with Crippen molar-refractivity contribution in [1.82, 2.24) is 0 Å². The van der Waals surface area contributed by atoms with E-state index in [1.807, 2.05) is 6.08 Å². The van der Waals surface area contributed by atoms with E-state index >= 15 is 0 Å². The largest absolute Gasteiger partial charge is 0.114 e. The van der Waals surface area contributed by atoms with E-state index in [0.29, 0.717) is 5.92 Å². The van der Waals surface area contributed by atoms with Gasteiger partial charge in [0.2, 0.25) is 0 Å². The first-order valence-electron chi connectivity index (χ1n) is 1.90. The SMILES string of the molecule is Br.C=CC(C)C. The van der Waals surface area contributed by atoms with E-state index in [2.05, 4.69) is 20.4 Å². The van der Waals surface area contributed by atoms with Crippen LogP contribution in [0.15, 0.2) is 12.7 Å². The fourth-order valence-electron chi connectivity index (χ4n) is 0. The molecule has 0 aromatic carbocycles. The summed E-state index contributed by atoms with van der Waals surface area (Å²) >= 11 is 0. The van der Waals surface area contributed by atoms with Gasteiger partial charge in [-0.05, 0) is 5.92 Å². The van der Waals surface area contributed by atoms with Gasteiger partial charge in [0.15, 0.2) is 0 Å². The number of rotatable bonds is 1. The van der Waals surface area contributed by atoms with Gasteiger partial charge in [-0.2, -0.15) is 0 Å². The van der Waals surface area contributed by atoms with Crippen molar-refractivity contribution in [3.63, 3.8) is 0 Å². The van der Waals surface area contributed by atoms with Crippen molar-refractivity contribution >= 4 is 17.0 Å². The molecule has 0 N–H and O–H groups in total. The normalized spacial score (nSPS) is 7.17. The molecule has 0 aliphatic rings. The second-order valence-electron chi connectivity index (χ2n) is 1.48. The van der Waals surface area contributed by atoms with E-state index in [-0.39, 0.29) is 17.0 Å². The molecular weight excluding hydrogens is 140 g/mol. The smallest absolute Gasteiger partial charge is 0.0293 e. The van der Waals surface area contributed by atoms with Crippen LogP contribution in [0.1, 0.15) is 13.8 Å². The first kappa shape index (κ1) is 9.52. The standard InChI is InChI=1S/C5H10.BrH/c1-4-5(2)3;/h4-5H,1H2,2-3H3;1H. The van der Waals surface area contributed by atoms with E-state index in [9.17, 15) is 0 Å². The predicted octanol–water partition coefficient (Wildman–Crippen LogP) is 2.41. The van der Waals surface area contributed by atoms with Gasteiger partial charge < -0.3 is 0 Å². The van der Waals surface area contributed by atoms with E-state index in [1.165, 1.54) is 0 Å². The van der Waals surface area contributed by atoms with Crippen molar-refractivity contribution in [2.75, 3.05) is 0 Å². The van der Waals surface area contributed by atoms with Gasteiger partial charge in [-0.15, -0.1) is 23.6 Å². The fourth-order valence-corrected chi connectivity index (χ4v) is 0. The summed E-state index contributed by atoms with van der Waals surface area (Å²) in [5.74, 6) is 0.648. The van der Waals surface area contributed by atoms with Crippen molar-refractivity contribution in [2.45, 2.75) is 13.8 Å². The molecule has 0 aromatic rings. The van der Waals surface area contributed by atoms with Gasteiger partial charge in [0.1, 0.15) is 0 Å². The highest BCUT2D eigenvalue weighted by Crippen LogP contribution is 1.87. The lowest BCUT2D eigenvalue weighted by Crippen LogP contribution is -1.71. The van der Waals surface area contributed by atoms with Crippen LogP contribution in [0.25, 0.3) is 0 Å². The Morgan fingerprint density at radius 2 is 1.67 bits per heavy atom. The van der Waals surface area contributed by atoms with Crippen LogP contribution in [0.4, 0.5) is 0 Å². The molecule has 0 rings (SSSR count). The molecule has 0 amide bonds. The van der Waals surface area contributed by atoms with Crippen LogP contribution < -0.4 is 0 Å². The van der Waals surface area contributed by atoms with Gasteiger partial charge in [-0.25, -0.2) is 0 Å². The molecular formula is C5H11Br. The molecule has 1 heteroatoms. The molecule has 0 atom stereocenters. The highest BCUT2D eigenvalue weighted by molar-refractivity contribution is 8.93. The van der Waals surface area contributed by atoms with Crippen molar-refractivity contribution in [3.05, 3.63) is 12.7 Å². The molecule has 0 heterocycles. The van der Waals surface area contributed by atoms with Gasteiger partial charge in [0.25, 0.3) is 0 Å². The number of halogens is 1. The topological polar surface area (TPSA) is 0 Å². The van der Waals surface area contributed by atoms with Crippen molar-refractivity contribution < 1.29 is 0 Å². The van der Waals surface area contributed by atoms with Crippen molar-refractivity contribution in [1.29, 1.82) is 0 Å². The quantitative estimate of drug-likeness (QED) is 0.505. The molecule has 0 nitrogen and oxygen atoms in total. The molecule has 0 fully saturated rings. The van der Waals surface area contributed by atoms with Gasteiger partial charge >= 0.3 is 0 Å². The third-order valence-electron chi connectivity index (χ3n) is 0.471. The van der Waals surface area contributed by atoms with Crippen molar-refractivity contribution in [3.8, 4) is 0 Å². The molecule has 6 heavy (non-hydrogen) atoms. The van der Waals surface area contributed by atoms with Gasteiger partial charge in [-0.3, -0.25) is 0 Å². The maximum Gasteiger partial charge on any atom is -0.0293 e. The molecule has 0 saturated carbocycles. The summed E-state index contributed by atoms with van der Waals surface area (Å²) in [6.07, 6.45) is 1.92. The molecule has 0 spiro atoms. The van der Waals surface area contributed by atoms with Crippen LogP contribution in [0.3, 0.4) is 0 Å². The summed E-state index contributed by atoms with van der Waals surface area (Å²) < 4.78 is 0. The molecule has 0 bridgehead atoms. The average molecular weight is 151 g/mol. The second-order valence-corrected chi connectivity index (χ2v) is 1.48. The van der Waals surface area contributed by atoms with Crippen LogP contribution in [0.2, 0.25) is 0 Å². The monoisotopic (exact) mass is 150 g/mol. The molecule has 0 aliphatic carbocycles. The Kier molecular flexibility index (Phi) is 8.28. The maximum atomic E-state index is 3.56. The average Bonchev–Trinajstić information content (AvgIpc) is 1.38. The molecule has 0 aromatic heterocycles. The van der Waals surface area contributed by atoms with Crippen LogP contribution in [0.5, 0.6) is 0 Å². The zero-order valence-corrected chi connectivity index (χ0v) is 5.98. The lowest BCUT2D eigenvalue weighted by molar-refractivity contribution is 0.835. The summed E-state index contributed by atoms with van der Waals surface area (Å²) in [4.78, 5) is 0. The third kappa shape index (κ3) is 8.88. The zero-order valence-electron chi connectivity index (χ0n) is 4.27. The van der Waals surface area contributed by atoms with E-state index in [4.69, 9.17) is 0 Å². The minimum Gasteiger partial charge on any atom is -0.114 e. The molecule has 38 valence electrons. The lowest BCUT2D eigenvalue weighted by Gasteiger charge is -1.84. The van der Waals surface area contributed by atoms with E-state index < -0.39 is 0 Å². The molecule has 0 saturated heterocycles. The first-order chi connectivity index (χ1) is 2.27. The minimum atomic E-state index is 0. The maximum absolute atomic E-state index is 3.56. The summed E-state index contributed by atoms with van der Waals surface area (Å²) in [6.45, 7) is 7.77. The molecule has 0 radical (unpaired) electrons. The van der Waals surface area contributed by atoms with E-state index in [1.54, 1.807) is 0 Å². The fraction of sp³-hybridized carbons (Fsp3) is 0.600. The second kappa shape index (κ2) is 5.22. The minimum absolute atomic E-state index is 0. The Labute approximate surface area is 50.0 Å². The van der Waals surface area contributed by atoms with Crippen molar-refractivity contribution in [2.24, 2.45) is 5.92 Å². The molecule has 0 aliphatic heterocycles. The van der Waals surface area contributed by atoms with E-state index in [0.717, 1.165) is 0 Å². The number of hydrogen-bond donors (Lipinski definition) is 0. The Hall–Kier alpha value is 0.220.